The minimum Gasteiger partial charge on any atom is -0.494 e. The van der Waals surface area contributed by atoms with Gasteiger partial charge in [0.25, 0.3) is 0 Å². The molecule has 0 spiro atoms. The number of rotatable bonds is 4. The SMILES string of the molecule is CCOc1ccc(-c2c(C)sc3nc(Cl)nc(N4CCN(C)CC4)c23)cc1. The molecular formula is C20H23ClN4OS. The van der Waals surface area contributed by atoms with Crippen LogP contribution in [0.1, 0.15) is 11.8 Å². The molecule has 2 aromatic heterocycles. The number of piperazine rings is 1. The Morgan fingerprint density at radius 3 is 2.48 bits per heavy atom. The van der Waals surface area contributed by atoms with Crippen LogP contribution in [0.4, 0.5) is 5.82 Å². The van der Waals surface area contributed by atoms with E-state index in [1.807, 2.05) is 19.1 Å². The van der Waals surface area contributed by atoms with Crippen LogP contribution in [0.3, 0.4) is 0 Å². The average Bonchev–Trinajstić information content (AvgIpc) is 2.98. The Bertz CT molecular complexity index is 949. The normalized spacial score (nSPS) is 15.5. The number of halogens is 1. The molecule has 0 saturated carbocycles. The summed E-state index contributed by atoms with van der Waals surface area (Å²) in [5.74, 6) is 1.84. The van der Waals surface area contributed by atoms with E-state index < -0.39 is 0 Å². The number of aryl methyl sites for hydroxylation is 1. The molecule has 0 bridgehead atoms. The molecule has 27 heavy (non-hydrogen) atoms. The second kappa shape index (κ2) is 7.62. The lowest BCUT2D eigenvalue weighted by molar-refractivity contribution is 0.312. The van der Waals surface area contributed by atoms with Gasteiger partial charge < -0.3 is 14.5 Å². The van der Waals surface area contributed by atoms with Crippen LogP contribution in [0.5, 0.6) is 5.75 Å². The number of anilines is 1. The van der Waals surface area contributed by atoms with E-state index in [-0.39, 0.29) is 0 Å². The van der Waals surface area contributed by atoms with Gasteiger partial charge >= 0.3 is 0 Å². The first kappa shape index (κ1) is 18.5. The molecule has 1 saturated heterocycles. The highest BCUT2D eigenvalue weighted by atomic mass is 35.5. The summed E-state index contributed by atoms with van der Waals surface area (Å²) in [6.45, 7) is 8.72. The van der Waals surface area contributed by atoms with Crippen LogP contribution in [-0.4, -0.2) is 54.7 Å². The lowest BCUT2D eigenvalue weighted by Gasteiger charge is -2.33. The summed E-state index contributed by atoms with van der Waals surface area (Å²) in [6.07, 6.45) is 0. The standard InChI is InChI=1S/C20H23ClN4OS/c1-4-26-15-7-5-14(6-8-15)16-13(2)27-19-17(16)18(22-20(21)23-19)25-11-9-24(3)10-12-25/h5-8H,4,9-12H2,1-3H3. The lowest BCUT2D eigenvalue weighted by atomic mass is 10.0. The average molecular weight is 403 g/mol. The van der Waals surface area contributed by atoms with Gasteiger partial charge in [-0.25, -0.2) is 4.98 Å². The number of ether oxygens (including phenoxy) is 1. The molecular weight excluding hydrogens is 380 g/mol. The summed E-state index contributed by atoms with van der Waals surface area (Å²) >= 11 is 7.94. The fourth-order valence-corrected chi connectivity index (χ4v) is 4.80. The number of hydrogen-bond acceptors (Lipinski definition) is 6. The summed E-state index contributed by atoms with van der Waals surface area (Å²) in [4.78, 5) is 16.0. The number of hydrogen-bond donors (Lipinski definition) is 0. The molecule has 0 radical (unpaired) electrons. The van der Waals surface area contributed by atoms with E-state index >= 15 is 0 Å². The van der Waals surface area contributed by atoms with E-state index in [1.54, 1.807) is 11.3 Å². The van der Waals surface area contributed by atoms with Crippen molar-refractivity contribution in [3.63, 3.8) is 0 Å². The van der Waals surface area contributed by atoms with Gasteiger partial charge in [0.05, 0.1) is 12.0 Å². The summed E-state index contributed by atoms with van der Waals surface area (Å²) in [6, 6.07) is 8.27. The molecule has 0 aliphatic carbocycles. The Balaban J connectivity index is 1.84. The first-order valence-corrected chi connectivity index (χ1v) is 10.4. The Labute approximate surface area is 168 Å². The van der Waals surface area contributed by atoms with Crippen LogP contribution in [0, 0.1) is 6.92 Å². The van der Waals surface area contributed by atoms with Crippen molar-refractivity contribution in [1.29, 1.82) is 0 Å². The van der Waals surface area contributed by atoms with Gasteiger partial charge in [0.1, 0.15) is 16.4 Å². The van der Waals surface area contributed by atoms with Gasteiger partial charge in [0.2, 0.25) is 5.28 Å². The first-order valence-electron chi connectivity index (χ1n) is 9.20. The first-order chi connectivity index (χ1) is 13.1. The zero-order valence-corrected chi connectivity index (χ0v) is 17.4. The molecule has 3 aromatic rings. The summed E-state index contributed by atoms with van der Waals surface area (Å²) in [7, 11) is 2.15. The highest BCUT2D eigenvalue weighted by molar-refractivity contribution is 7.19. The smallest absolute Gasteiger partial charge is 0.225 e. The maximum absolute atomic E-state index is 6.27. The van der Waals surface area contributed by atoms with Gasteiger partial charge in [-0.2, -0.15) is 4.98 Å². The van der Waals surface area contributed by atoms with Crippen molar-refractivity contribution in [3.8, 4) is 16.9 Å². The molecule has 1 aliphatic rings. The van der Waals surface area contributed by atoms with Crippen LogP contribution >= 0.6 is 22.9 Å². The number of benzene rings is 1. The molecule has 7 heteroatoms. The summed E-state index contributed by atoms with van der Waals surface area (Å²) in [5, 5.41) is 1.42. The van der Waals surface area contributed by atoms with E-state index in [9.17, 15) is 0 Å². The quantitative estimate of drug-likeness (QED) is 0.602. The van der Waals surface area contributed by atoms with Crippen molar-refractivity contribution < 1.29 is 4.74 Å². The predicted molar refractivity (Wildman–Crippen MR) is 113 cm³/mol. The number of likely N-dealkylation sites (N-methyl/N-ethyl adjacent to an activating group) is 1. The van der Waals surface area contributed by atoms with Crippen molar-refractivity contribution in [2.24, 2.45) is 0 Å². The Kier molecular flexibility index (Phi) is 5.21. The van der Waals surface area contributed by atoms with Crippen molar-refractivity contribution >= 4 is 39.0 Å². The number of aromatic nitrogens is 2. The predicted octanol–water partition coefficient (Wildman–Crippen LogP) is 4.47. The summed E-state index contributed by atoms with van der Waals surface area (Å²) in [5.41, 5.74) is 2.35. The molecule has 0 N–H and O–H groups in total. The van der Waals surface area contributed by atoms with Crippen molar-refractivity contribution in [3.05, 3.63) is 34.4 Å². The monoisotopic (exact) mass is 402 g/mol. The molecule has 142 valence electrons. The van der Waals surface area contributed by atoms with Crippen LogP contribution in [0.2, 0.25) is 5.28 Å². The molecule has 1 aromatic carbocycles. The minimum absolute atomic E-state index is 0.316. The van der Waals surface area contributed by atoms with Crippen LogP contribution in [0.15, 0.2) is 24.3 Å². The Morgan fingerprint density at radius 2 is 1.81 bits per heavy atom. The minimum atomic E-state index is 0.316. The molecule has 4 rings (SSSR count). The van der Waals surface area contributed by atoms with Gasteiger partial charge in [0, 0.05) is 36.6 Å². The van der Waals surface area contributed by atoms with Gasteiger partial charge in [0.15, 0.2) is 0 Å². The molecule has 1 aliphatic heterocycles. The maximum atomic E-state index is 6.27. The van der Waals surface area contributed by atoms with Gasteiger partial charge in [-0.3, -0.25) is 0 Å². The number of fused-ring (bicyclic) bond motifs is 1. The molecule has 0 atom stereocenters. The van der Waals surface area contributed by atoms with Crippen LogP contribution < -0.4 is 9.64 Å². The van der Waals surface area contributed by atoms with E-state index in [1.165, 1.54) is 10.4 Å². The largest absolute Gasteiger partial charge is 0.494 e. The van der Waals surface area contributed by atoms with E-state index in [0.717, 1.165) is 53.5 Å². The third-order valence-corrected chi connectivity index (χ3v) is 6.11. The highest BCUT2D eigenvalue weighted by Gasteiger charge is 2.23. The van der Waals surface area contributed by atoms with E-state index in [0.29, 0.717) is 11.9 Å². The zero-order valence-electron chi connectivity index (χ0n) is 15.8. The maximum Gasteiger partial charge on any atom is 0.225 e. The third kappa shape index (κ3) is 3.61. The molecule has 3 heterocycles. The molecule has 5 nitrogen and oxygen atoms in total. The Hall–Kier alpha value is -1.89. The van der Waals surface area contributed by atoms with Crippen molar-refractivity contribution in [2.75, 3.05) is 44.7 Å². The topological polar surface area (TPSA) is 41.5 Å². The fourth-order valence-electron chi connectivity index (χ4n) is 3.55. The fraction of sp³-hybridized carbons (Fsp3) is 0.400. The van der Waals surface area contributed by atoms with Gasteiger partial charge in [-0.05, 0) is 50.2 Å². The highest BCUT2D eigenvalue weighted by Crippen LogP contribution is 2.42. The second-order valence-corrected chi connectivity index (χ2v) is 8.32. The van der Waals surface area contributed by atoms with Crippen molar-refractivity contribution in [1.82, 2.24) is 14.9 Å². The van der Waals surface area contributed by atoms with Gasteiger partial charge in [-0.15, -0.1) is 11.3 Å². The van der Waals surface area contributed by atoms with Gasteiger partial charge in [-0.1, -0.05) is 12.1 Å². The van der Waals surface area contributed by atoms with E-state index in [4.69, 9.17) is 16.3 Å². The third-order valence-electron chi connectivity index (χ3n) is 4.94. The molecule has 0 amide bonds. The van der Waals surface area contributed by atoms with Crippen LogP contribution in [0.25, 0.3) is 21.3 Å². The number of thiophene rings is 1. The van der Waals surface area contributed by atoms with Crippen molar-refractivity contribution in [2.45, 2.75) is 13.8 Å². The second-order valence-electron chi connectivity index (χ2n) is 6.78. The summed E-state index contributed by atoms with van der Waals surface area (Å²) < 4.78 is 5.59. The molecule has 0 unspecified atom stereocenters. The van der Waals surface area contributed by atoms with Crippen LogP contribution in [-0.2, 0) is 0 Å². The lowest BCUT2D eigenvalue weighted by Crippen LogP contribution is -2.44. The number of nitrogens with zero attached hydrogens (tertiary/aromatic N) is 4. The Morgan fingerprint density at radius 1 is 1.11 bits per heavy atom. The zero-order chi connectivity index (χ0) is 19.0. The molecule has 1 fully saturated rings. The van der Waals surface area contributed by atoms with E-state index in [2.05, 4.69) is 45.9 Å².